The average molecular weight is 262 g/mol. The molecule has 0 rings (SSSR count). The van der Waals surface area contributed by atoms with Gasteiger partial charge < -0.3 is 25.3 Å². The van der Waals surface area contributed by atoms with Gasteiger partial charge in [0.1, 0.15) is 0 Å². The number of amides is 1. The van der Waals surface area contributed by atoms with Crippen molar-refractivity contribution in [2.75, 3.05) is 47.2 Å². The van der Waals surface area contributed by atoms with Crippen molar-refractivity contribution in [1.29, 1.82) is 0 Å². The van der Waals surface area contributed by atoms with Gasteiger partial charge in [-0.25, -0.2) is 0 Å². The molecule has 0 aromatic rings. The van der Waals surface area contributed by atoms with E-state index in [1.165, 1.54) is 0 Å². The molecule has 6 heteroatoms. The standard InChI is InChI=1S/C12H26N2O4/c1-12(14-2,11(13)15)5-8-18-10-9-17-7-4-6-16-3/h14H,4-10H2,1-3H3,(H2,13,15). The van der Waals surface area contributed by atoms with Crippen LogP contribution in [-0.2, 0) is 19.0 Å². The summed E-state index contributed by atoms with van der Waals surface area (Å²) in [5.74, 6) is -0.371. The summed E-state index contributed by atoms with van der Waals surface area (Å²) in [5.41, 5.74) is 4.59. The van der Waals surface area contributed by atoms with Gasteiger partial charge in [0, 0.05) is 26.9 Å². The van der Waals surface area contributed by atoms with E-state index in [9.17, 15) is 4.79 Å². The van der Waals surface area contributed by atoms with Crippen LogP contribution >= 0.6 is 0 Å². The SMILES string of the molecule is CNC(C)(CCOCCOCCCOC)C(N)=O. The number of carbonyl (C=O) groups excluding carboxylic acids is 1. The first-order chi connectivity index (χ1) is 8.56. The first-order valence-corrected chi connectivity index (χ1v) is 6.20. The number of rotatable bonds is 12. The molecule has 0 radical (unpaired) electrons. The van der Waals surface area contributed by atoms with E-state index < -0.39 is 5.54 Å². The molecule has 0 saturated heterocycles. The van der Waals surface area contributed by atoms with Crippen LogP contribution in [0.2, 0.25) is 0 Å². The molecular weight excluding hydrogens is 236 g/mol. The molecule has 1 atom stereocenters. The molecule has 1 amide bonds. The lowest BCUT2D eigenvalue weighted by atomic mass is 9.98. The Hall–Kier alpha value is -0.690. The molecule has 0 fully saturated rings. The van der Waals surface area contributed by atoms with Gasteiger partial charge in [-0.3, -0.25) is 4.79 Å². The number of primary amides is 1. The number of carbonyl (C=O) groups is 1. The zero-order valence-electron chi connectivity index (χ0n) is 11.7. The Bertz CT molecular complexity index is 226. The maximum absolute atomic E-state index is 11.2. The molecule has 3 N–H and O–H groups in total. The predicted molar refractivity (Wildman–Crippen MR) is 69.4 cm³/mol. The van der Waals surface area contributed by atoms with Crippen molar-refractivity contribution >= 4 is 5.91 Å². The van der Waals surface area contributed by atoms with E-state index in [-0.39, 0.29) is 5.91 Å². The molecule has 0 aromatic carbocycles. The van der Waals surface area contributed by atoms with Crippen molar-refractivity contribution in [3.63, 3.8) is 0 Å². The molecule has 0 aromatic heterocycles. The lowest BCUT2D eigenvalue weighted by molar-refractivity contribution is -0.124. The third kappa shape index (κ3) is 7.60. The Kier molecular flexibility index (Phi) is 9.86. The van der Waals surface area contributed by atoms with Crippen molar-refractivity contribution in [2.24, 2.45) is 5.73 Å². The lowest BCUT2D eigenvalue weighted by Gasteiger charge is -2.25. The second-order valence-electron chi connectivity index (χ2n) is 4.27. The molecule has 0 bridgehead atoms. The summed E-state index contributed by atoms with van der Waals surface area (Å²) < 4.78 is 15.6. The molecule has 6 nitrogen and oxygen atoms in total. The van der Waals surface area contributed by atoms with E-state index in [0.717, 1.165) is 6.42 Å². The Balaban J connectivity index is 3.42. The van der Waals surface area contributed by atoms with E-state index >= 15 is 0 Å². The first-order valence-electron chi connectivity index (χ1n) is 6.20. The van der Waals surface area contributed by atoms with E-state index in [4.69, 9.17) is 19.9 Å². The van der Waals surface area contributed by atoms with Crippen LogP contribution in [-0.4, -0.2) is 58.6 Å². The molecule has 0 aliphatic carbocycles. The summed E-state index contributed by atoms with van der Waals surface area (Å²) in [6, 6.07) is 0. The molecule has 0 spiro atoms. The fourth-order valence-electron chi connectivity index (χ4n) is 1.27. The van der Waals surface area contributed by atoms with Gasteiger partial charge in [0.05, 0.1) is 18.8 Å². The minimum atomic E-state index is -0.709. The summed E-state index contributed by atoms with van der Waals surface area (Å²) >= 11 is 0. The van der Waals surface area contributed by atoms with Gasteiger partial charge in [0.2, 0.25) is 5.91 Å². The number of hydrogen-bond donors (Lipinski definition) is 2. The molecule has 18 heavy (non-hydrogen) atoms. The van der Waals surface area contributed by atoms with Crippen LogP contribution in [0.15, 0.2) is 0 Å². The van der Waals surface area contributed by atoms with Gasteiger partial charge >= 0.3 is 0 Å². The van der Waals surface area contributed by atoms with Crippen LogP contribution in [0.25, 0.3) is 0 Å². The highest BCUT2D eigenvalue weighted by Gasteiger charge is 2.28. The van der Waals surface area contributed by atoms with Crippen LogP contribution in [0, 0.1) is 0 Å². The van der Waals surface area contributed by atoms with E-state index in [2.05, 4.69) is 5.32 Å². The van der Waals surface area contributed by atoms with Gasteiger partial charge in [-0.1, -0.05) is 0 Å². The van der Waals surface area contributed by atoms with Crippen molar-refractivity contribution in [3.05, 3.63) is 0 Å². The number of likely N-dealkylation sites (N-methyl/N-ethyl adjacent to an activating group) is 1. The Morgan fingerprint density at radius 2 is 1.78 bits per heavy atom. The highest BCUT2D eigenvalue weighted by molar-refractivity contribution is 5.84. The molecule has 0 aliphatic rings. The summed E-state index contributed by atoms with van der Waals surface area (Å²) in [6.45, 7) is 4.69. The molecule has 108 valence electrons. The third-order valence-electron chi connectivity index (χ3n) is 2.85. The van der Waals surface area contributed by atoms with Crippen LogP contribution in [0.5, 0.6) is 0 Å². The molecular formula is C12H26N2O4. The topological polar surface area (TPSA) is 82.8 Å². The molecule has 0 aliphatic heterocycles. The van der Waals surface area contributed by atoms with Crippen molar-refractivity contribution < 1.29 is 19.0 Å². The van der Waals surface area contributed by atoms with Gasteiger partial charge in [0.25, 0.3) is 0 Å². The third-order valence-corrected chi connectivity index (χ3v) is 2.85. The van der Waals surface area contributed by atoms with Gasteiger partial charge in [0.15, 0.2) is 0 Å². The van der Waals surface area contributed by atoms with E-state index in [0.29, 0.717) is 39.5 Å². The summed E-state index contributed by atoms with van der Waals surface area (Å²) in [6.07, 6.45) is 1.43. The van der Waals surface area contributed by atoms with Gasteiger partial charge in [-0.2, -0.15) is 0 Å². The highest BCUT2D eigenvalue weighted by atomic mass is 16.5. The van der Waals surface area contributed by atoms with Gasteiger partial charge in [-0.05, 0) is 26.8 Å². The van der Waals surface area contributed by atoms with Crippen molar-refractivity contribution in [2.45, 2.75) is 25.3 Å². The Morgan fingerprint density at radius 1 is 1.17 bits per heavy atom. The molecule has 1 unspecified atom stereocenters. The monoisotopic (exact) mass is 262 g/mol. The summed E-state index contributed by atoms with van der Waals surface area (Å²) in [4.78, 5) is 11.2. The second-order valence-corrected chi connectivity index (χ2v) is 4.27. The zero-order valence-corrected chi connectivity index (χ0v) is 11.7. The minimum Gasteiger partial charge on any atom is -0.385 e. The predicted octanol–water partition coefficient (Wildman–Crippen LogP) is -0.0904. The highest BCUT2D eigenvalue weighted by Crippen LogP contribution is 2.07. The fourth-order valence-corrected chi connectivity index (χ4v) is 1.27. The maximum atomic E-state index is 11.2. The van der Waals surface area contributed by atoms with Crippen LogP contribution in [0.3, 0.4) is 0 Å². The molecule has 0 heterocycles. The van der Waals surface area contributed by atoms with E-state index in [1.54, 1.807) is 21.1 Å². The fraction of sp³-hybridized carbons (Fsp3) is 0.917. The minimum absolute atomic E-state index is 0.371. The number of ether oxygens (including phenoxy) is 3. The van der Waals surface area contributed by atoms with Crippen LogP contribution in [0.4, 0.5) is 0 Å². The number of methoxy groups -OCH3 is 1. The maximum Gasteiger partial charge on any atom is 0.237 e. The van der Waals surface area contributed by atoms with Crippen molar-refractivity contribution in [1.82, 2.24) is 5.32 Å². The van der Waals surface area contributed by atoms with Crippen LogP contribution in [0.1, 0.15) is 19.8 Å². The largest absolute Gasteiger partial charge is 0.385 e. The van der Waals surface area contributed by atoms with Crippen LogP contribution < -0.4 is 11.1 Å². The first kappa shape index (κ1) is 17.3. The number of nitrogens with one attached hydrogen (secondary N) is 1. The lowest BCUT2D eigenvalue weighted by Crippen LogP contribution is -2.52. The quantitative estimate of drug-likeness (QED) is 0.480. The molecule has 0 saturated carbocycles. The van der Waals surface area contributed by atoms with E-state index in [1.807, 2.05) is 0 Å². The second kappa shape index (κ2) is 10.3. The average Bonchev–Trinajstić information content (AvgIpc) is 2.36. The zero-order chi connectivity index (χ0) is 13.9. The van der Waals surface area contributed by atoms with Gasteiger partial charge in [-0.15, -0.1) is 0 Å². The number of hydrogen-bond acceptors (Lipinski definition) is 5. The number of nitrogens with two attached hydrogens (primary N) is 1. The Labute approximate surface area is 109 Å². The smallest absolute Gasteiger partial charge is 0.237 e. The summed E-state index contributed by atoms with van der Waals surface area (Å²) in [7, 11) is 3.38. The summed E-state index contributed by atoms with van der Waals surface area (Å²) in [5, 5.41) is 2.90. The Morgan fingerprint density at radius 3 is 2.28 bits per heavy atom. The van der Waals surface area contributed by atoms with Crippen molar-refractivity contribution in [3.8, 4) is 0 Å². The normalized spacial score (nSPS) is 14.4.